The van der Waals surface area contributed by atoms with E-state index >= 15 is 0 Å². The van der Waals surface area contributed by atoms with Crippen LogP contribution in [0.5, 0.6) is 0 Å². The highest BCUT2D eigenvalue weighted by molar-refractivity contribution is 9.09. The van der Waals surface area contributed by atoms with E-state index in [1.165, 1.54) is 25.5 Å². The summed E-state index contributed by atoms with van der Waals surface area (Å²) in [5.74, 6) is 1.15. The average Bonchev–Trinajstić information content (AvgIpc) is 2.86. The molecule has 1 aliphatic rings. The van der Waals surface area contributed by atoms with Crippen LogP contribution in [0.4, 0.5) is 0 Å². The maximum Gasteiger partial charge on any atom is 0.287 e. The minimum absolute atomic E-state index is 0.0843. The molecule has 94 valence electrons. The number of carbonyl (C=O) groups is 1. The second-order valence-electron chi connectivity index (χ2n) is 4.65. The summed E-state index contributed by atoms with van der Waals surface area (Å²) >= 11 is 3.48. The predicted molar refractivity (Wildman–Crippen MR) is 70.3 cm³/mol. The van der Waals surface area contributed by atoms with E-state index in [0.29, 0.717) is 11.8 Å². The fraction of sp³-hybridized carbons (Fsp3) is 0.615. The highest BCUT2D eigenvalue weighted by atomic mass is 79.9. The van der Waals surface area contributed by atoms with Crippen LogP contribution < -0.4 is 5.32 Å². The molecule has 0 bridgehead atoms. The summed E-state index contributed by atoms with van der Waals surface area (Å²) in [5, 5.41) is 4.12. The molecule has 17 heavy (non-hydrogen) atoms. The Labute approximate surface area is 110 Å². The van der Waals surface area contributed by atoms with Crippen LogP contribution in [0.2, 0.25) is 0 Å². The van der Waals surface area contributed by atoms with Crippen molar-refractivity contribution in [1.29, 1.82) is 0 Å². The number of alkyl halides is 1. The molecule has 1 heterocycles. The monoisotopic (exact) mass is 299 g/mol. The Kier molecular flexibility index (Phi) is 4.66. The van der Waals surface area contributed by atoms with Gasteiger partial charge in [0.25, 0.3) is 5.91 Å². The average molecular weight is 300 g/mol. The molecule has 1 amide bonds. The largest absolute Gasteiger partial charge is 0.459 e. The maximum atomic E-state index is 11.8. The third-order valence-corrected chi connectivity index (χ3v) is 3.90. The second kappa shape index (κ2) is 6.24. The van der Waals surface area contributed by atoms with Crippen molar-refractivity contribution in [2.45, 2.75) is 38.1 Å². The number of hydrogen-bond acceptors (Lipinski definition) is 2. The van der Waals surface area contributed by atoms with Crippen molar-refractivity contribution in [3.8, 4) is 0 Å². The topological polar surface area (TPSA) is 42.2 Å². The molecule has 1 saturated carbocycles. The number of carbonyl (C=O) groups excluding carboxylic acids is 1. The Morgan fingerprint density at radius 3 is 2.76 bits per heavy atom. The molecular weight excluding hydrogens is 282 g/mol. The van der Waals surface area contributed by atoms with Gasteiger partial charge in [-0.15, -0.1) is 0 Å². The molecule has 2 rings (SSSR count). The van der Waals surface area contributed by atoms with Gasteiger partial charge in [0.1, 0.15) is 0 Å². The Morgan fingerprint density at radius 1 is 1.41 bits per heavy atom. The Bertz CT molecular complexity index is 342. The van der Waals surface area contributed by atoms with Gasteiger partial charge < -0.3 is 9.73 Å². The van der Waals surface area contributed by atoms with Crippen LogP contribution >= 0.6 is 15.9 Å². The first kappa shape index (κ1) is 12.7. The van der Waals surface area contributed by atoms with Crippen molar-refractivity contribution >= 4 is 21.8 Å². The molecule has 0 aliphatic heterocycles. The van der Waals surface area contributed by atoms with Crippen molar-refractivity contribution in [2.75, 3.05) is 5.33 Å². The van der Waals surface area contributed by atoms with E-state index in [4.69, 9.17) is 4.42 Å². The van der Waals surface area contributed by atoms with Crippen molar-refractivity contribution < 1.29 is 9.21 Å². The van der Waals surface area contributed by atoms with Crippen LogP contribution in [0.1, 0.15) is 42.7 Å². The zero-order valence-corrected chi connectivity index (χ0v) is 11.4. The molecule has 1 aromatic heterocycles. The van der Waals surface area contributed by atoms with Gasteiger partial charge in [-0.05, 0) is 50.2 Å². The SMILES string of the molecule is O=C(NC1CCC(CCBr)CC1)c1ccco1. The third-order valence-electron chi connectivity index (χ3n) is 3.44. The number of furan rings is 1. The van der Waals surface area contributed by atoms with E-state index in [0.717, 1.165) is 24.1 Å². The molecule has 0 unspecified atom stereocenters. The fourth-order valence-electron chi connectivity index (χ4n) is 2.41. The molecule has 1 aliphatic carbocycles. The predicted octanol–water partition coefficient (Wildman–Crippen LogP) is 3.35. The number of amides is 1. The third kappa shape index (κ3) is 3.60. The Morgan fingerprint density at radius 2 is 2.18 bits per heavy atom. The Hall–Kier alpha value is -0.770. The van der Waals surface area contributed by atoms with Crippen molar-refractivity contribution in [1.82, 2.24) is 5.32 Å². The summed E-state index contributed by atoms with van der Waals surface area (Å²) in [6.07, 6.45) is 7.39. The summed E-state index contributed by atoms with van der Waals surface area (Å²) in [4.78, 5) is 11.8. The van der Waals surface area contributed by atoms with E-state index in [9.17, 15) is 4.79 Å². The van der Waals surface area contributed by atoms with E-state index < -0.39 is 0 Å². The summed E-state index contributed by atoms with van der Waals surface area (Å²) < 4.78 is 5.08. The summed E-state index contributed by atoms with van der Waals surface area (Å²) in [6.45, 7) is 0. The van der Waals surface area contributed by atoms with E-state index in [2.05, 4.69) is 21.2 Å². The standard InChI is InChI=1S/C13H18BrNO2/c14-8-7-10-3-5-11(6-4-10)15-13(16)12-2-1-9-17-12/h1-2,9-11H,3-8H2,(H,15,16). The maximum absolute atomic E-state index is 11.8. The van der Waals surface area contributed by atoms with Gasteiger partial charge in [0.05, 0.1) is 6.26 Å². The van der Waals surface area contributed by atoms with Gasteiger partial charge in [0.2, 0.25) is 0 Å². The minimum atomic E-state index is -0.0843. The van der Waals surface area contributed by atoms with Crippen molar-refractivity contribution in [3.05, 3.63) is 24.2 Å². The van der Waals surface area contributed by atoms with Crippen LogP contribution in [0.25, 0.3) is 0 Å². The van der Waals surface area contributed by atoms with Gasteiger partial charge in [-0.1, -0.05) is 15.9 Å². The summed E-state index contributed by atoms with van der Waals surface area (Å²) in [7, 11) is 0. The number of hydrogen-bond donors (Lipinski definition) is 1. The molecule has 1 N–H and O–H groups in total. The van der Waals surface area contributed by atoms with Gasteiger partial charge in [-0.3, -0.25) is 4.79 Å². The highest BCUT2D eigenvalue weighted by Crippen LogP contribution is 2.27. The second-order valence-corrected chi connectivity index (χ2v) is 5.44. The summed E-state index contributed by atoms with van der Waals surface area (Å²) in [6, 6.07) is 3.76. The molecule has 0 spiro atoms. The lowest BCUT2D eigenvalue weighted by Crippen LogP contribution is -2.37. The first-order valence-corrected chi connectivity index (χ1v) is 7.32. The lowest BCUT2D eigenvalue weighted by molar-refractivity contribution is 0.0893. The zero-order valence-electron chi connectivity index (χ0n) is 9.82. The molecule has 0 saturated heterocycles. The summed E-state index contributed by atoms with van der Waals surface area (Å²) in [5.41, 5.74) is 0. The normalized spacial score (nSPS) is 24.5. The smallest absolute Gasteiger partial charge is 0.287 e. The van der Waals surface area contributed by atoms with Crippen LogP contribution in [0, 0.1) is 5.92 Å². The molecule has 4 heteroatoms. The molecular formula is C13H18BrNO2. The van der Waals surface area contributed by atoms with Gasteiger partial charge in [0, 0.05) is 11.4 Å². The molecule has 3 nitrogen and oxygen atoms in total. The van der Waals surface area contributed by atoms with Gasteiger partial charge in [-0.2, -0.15) is 0 Å². The lowest BCUT2D eigenvalue weighted by atomic mass is 9.84. The lowest BCUT2D eigenvalue weighted by Gasteiger charge is -2.28. The van der Waals surface area contributed by atoms with Crippen LogP contribution in [-0.2, 0) is 0 Å². The molecule has 1 fully saturated rings. The van der Waals surface area contributed by atoms with E-state index in [-0.39, 0.29) is 5.91 Å². The molecule has 1 aromatic rings. The van der Waals surface area contributed by atoms with Crippen LogP contribution in [-0.4, -0.2) is 17.3 Å². The minimum Gasteiger partial charge on any atom is -0.459 e. The molecule has 0 aromatic carbocycles. The number of nitrogens with one attached hydrogen (secondary N) is 1. The van der Waals surface area contributed by atoms with Crippen LogP contribution in [0.3, 0.4) is 0 Å². The fourth-order valence-corrected chi connectivity index (χ4v) is 3.06. The van der Waals surface area contributed by atoms with Gasteiger partial charge in [-0.25, -0.2) is 0 Å². The molecule has 0 radical (unpaired) electrons. The quantitative estimate of drug-likeness (QED) is 0.866. The number of rotatable bonds is 4. The van der Waals surface area contributed by atoms with E-state index in [1.54, 1.807) is 12.1 Å². The van der Waals surface area contributed by atoms with E-state index in [1.807, 2.05) is 0 Å². The highest BCUT2D eigenvalue weighted by Gasteiger charge is 2.22. The Balaban J connectivity index is 1.76. The first-order valence-electron chi connectivity index (χ1n) is 6.20. The molecule has 0 atom stereocenters. The van der Waals surface area contributed by atoms with Crippen LogP contribution in [0.15, 0.2) is 22.8 Å². The number of halogens is 1. The van der Waals surface area contributed by atoms with Gasteiger partial charge in [0.15, 0.2) is 5.76 Å². The van der Waals surface area contributed by atoms with Gasteiger partial charge >= 0.3 is 0 Å². The van der Waals surface area contributed by atoms with Crippen molar-refractivity contribution in [3.63, 3.8) is 0 Å². The van der Waals surface area contributed by atoms with Crippen molar-refractivity contribution in [2.24, 2.45) is 5.92 Å². The first-order chi connectivity index (χ1) is 8.29. The zero-order chi connectivity index (χ0) is 12.1.